The Bertz CT molecular complexity index is 750. The number of fused-ring (bicyclic) bond motifs is 1. The quantitative estimate of drug-likeness (QED) is 0.537. The molecule has 1 saturated carbocycles. The summed E-state index contributed by atoms with van der Waals surface area (Å²) in [5.41, 5.74) is 0.711. The van der Waals surface area contributed by atoms with E-state index in [9.17, 15) is 9.59 Å². The van der Waals surface area contributed by atoms with Gasteiger partial charge in [0.05, 0.1) is 7.11 Å². The fraction of sp³-hybridized carbons (Fsp3) is 0.545. The molecule has 1 aliphatic heterocycles. The average molecular weight is 403 g/mol. The van der Waals surface area contributed by atoms with Gasteiger partial charge in [0.2, 0.25) is 5.75 Å². The van der Waals surface area contributed by atoms with E-state index in [0.717, 1.165) is 31.6 Å². The zero-order chi connectivity index (χ0) is 20.8. The molecule has 0 spiro atoms. The van der Waals surface area contributed by atoms with E-state index >= 15 is 0 Å². The Morgan fingerprint density at radius 1 is 1.17 bits per heavy atom. The Labute approximate surface area is 171 Å². The summed E-state index contributed by atoms with van der Waals surface area (Å²) in [7, 11) is 3.33. The van der Waals surface area contributed by atoms with Gasteiger partial charge in [-0.05, 0) is 55.4 Å². The number of nitrogens with zero attached hydrogens (tertiary/aromatic N) is 1. The summed E-state index contributed by atoms with van der Waals surface area (Å²) in [4.78, 5) is 26.1. The fourth-order valence-electron chi connectivity index (χ4n) is 3.67. The van der Waals surface area contributed by atoms with E-state index in [1.165, 1.54) is 6.08 Å². The number of ether oxygens (including phenoxy) is 4. The Kier molecular flexibility index (Phi) is 7.01. The maximum absolute atomic E-state index is 12.3. The summed E-state index contributed by atoms with van der Waals surface area (Å²) >= 11 is 0. The minimum atomic E-state index is -0.571. The molecule has 158 valence electrons. The summed E-state index contributed by atoms with van der Waals surface area (Å²) in [5.74, 6) is 1.64. The van der Waals surface area contributed by atoms with E-state index < -0.39 is 5.97 Å². The molecule has 1 amide bonds. The normalized spacial score (nSPS) is 20.9. The fourth-order valence-corrected chi connectivity index (χ4v) is 3.67. The molecule has 0 saturated heterocycles. The standard InChI is InChI=1S/C22H29NO6/c1-15-4-7-17(8-5-15)23(2)20(24)14-29-21(25)9-6-16-12-18(26-3)22-19(13-16)27-10-11-28-22/h6,9,12-13,15,17H,4-5,7-8,10-11,14H2,1-3H3/b9-6+. The largest absolute Gasteiger partial charge is 0.493 e. The molecule has 3 rings (SSSR count). The molecule has 0 bridgehead atoms. The first kappa shape index (κ1) is 21.0. The van der Waals surface area contributed by atoms with Crippen LogP contribution < -0.4 is 14.2 Å². The first-order valence-electron chi connectivity index (χ1n) is 10.1. The number of carbonyl (C=O) groups excluding carboxylic acids is 2. The van der Waals surface area contributed by atoms with Crippen molar-refractivity contribution in [1.82, 2.24) is 4.90 Å². The third-order valence-electron chi connectivity index (χ3n) is 5.53. The number of methoxy groups -OCH3 is 1. The van der Waals surface area contributed by atoms with Crippen LogP contribution in [0, 0.1) is 5.92 Å². The molecule has 7 nitrogen and oxygen atoms in total. The van der Waals surface area contributed by atoms with Gasteiger partial charge in [-0.1, -0.05) is 6.92 Å². The Morgan fingerprint density at radius 2 is 1.90 bits per heavy atom. The lowest BCUT2D eigenvalue weighted by molar-refractivity contribution is -0.148. The smallest absolute Gasteiger partial charge is 0.331 e. The van der Waals surface area contributed by atoms with Gasteiger partial charge >= 0.3 is 5.97 Å². The molecule has 1 fully saturated rings. The number of amides is 1. The van der Waals surface area contributed by atoms with Crippen LogP contribution in [0.25, 0.3) is 6.08 Å². The van der Waals surface area contributed by atoms with Gasteiger partial charge in [0.1, 0.15) is 13.2 Å². The second-order valence-corrected chi connectivity index (χ2v) is 7.61. The van der Waals surface area contributed by atoms with E-state index in [0.29, 0.717) is 36.0 Å². The Hall–Kier alpha value is -2.70. The number of rotatable bonds is 6. The third-order valence-corrected chi connectivity index (χ3v) is 5.53. The molecule has 7 heteroatoms. The lowest BCUT2D eigenvalue weighted by atomic mass is 9.87. The van der Waals surface area contributed by atoms with Crippen molar-refractivity contribution in [3.63, 3.8) is 0 Å². The van der Waals surface area contributed by atoms with Crippen molar-refractivity contribution in [2.75, 3.05) is 34.0 Å². The highest BCUT2D eigenvalue weighted by molar-refractivity contribution is 5.89. The number of hydrogen-bond acceptors (Lipinski definition) is 6. The van der Waals surface area contributed by atoms with Crippen LogP contribution in [0.2, 0.25) is 0 Å². The molecule has 29 heavy (non-hydrogen) atoms. The molecule has 1 aromatic carbocycles. The van der Waals surface area contributed by atoms with Crippen molar-refractivity contribution in [3.8, 4) is 17.2 Å². The van der Waals surface area contributed by atoms with E-state index in [4.69, 9.17) is 18.9 Å². The van der Waals surface area contributed by atoms with Gasteiger partial charge in [-0.3, -0.25) is 4.79 Å². The molecular weight excluding hydrogens is 374 g/mol. The van der Waals surface area contributed by atoms with Gasteiger partial charge in [0.15, 0.2) is 18.1 Å². The Balaban J connectivity index is 1.52. The molecule has 0 atom stereocenters. The van der Waals surface area contributed by atoms with Crippen LogP contribution in [0.3, 0.4) is 0 Å². The molecule has 0 unspecified atom stereocenters. The van der Waals surface area contributed by atoms with Crippen LogP contribution in [0.15, 0.2) is 18.2 Å². The van der Waals surface area contributed by atoms with Crippen molar-refractivity contribution >= 4 is 18.0 Å². The SMILES string of the molecule is COc1cc(/C=C/C(=O)OCC(=O)N(C)C2CCC(C)CC2)cc2c1OCCO2. The van der Waals surface area contributed by atoms with Crippen molar-refractivity contribution < 1.29 is 28.5 Å². The summed E-state index contributed by atoms with van der Waals surface area (Å²) in [6, 6.07) is 3.75. The van der Waals surface area contributed by atoms with Gasteiger partial charge in [0.25, 0.3) is 5.91 Å². The molecule has 1 aromatic rings. The van der Waals surface area contributed by atoms with E-state index in [-0.39, 0.29) is 18.6 Å². The highest BCUT2D eigenvalue weighted by Crippen LogP contribution is 2.40. The predicted octanol–water partition coefficient (Wildman–Crippen LogP) is 3.06. The summed E-state index contributed by atoms with van der Waals surface area (Å²) in [5, 5.41) is 0. The first-order chi connectivity index (χ1) is 14.0. The topological polar surface area (TPSA) is 74.3 Å². The van der Waals surface area contributed by atoms with Gasteiger partial charge in [-0.25, -0.2) is 4.79 Å². The summed E-state index contributed by atoms with van der Waals surface area (Å²) < 4.78 is 21.6. The number of benzene rings is 1. The van der Waals surface area contributed by atoms with Crippen LogP contribution in [-0.4, -0.2) is 56.8 Å². The monoisotopic (exact) mass is 403 g/mol. The summed E-state index contributed by atoms with van der Waals surface area (Å²) in [6.45, 7) is 2.91. The van der Waals surface area contributed by atoms with Gasteiger partial charge in [0, 0.05) is 19.2 Å². The number of hydrogen-bond donors (Lipinski definition) is 0. The molecule has 0 aromatic heterocycles. The molecule has 2 aliphatic rings. The number of esters is 1. The molecule has 1 aliphatic carbocycles. The van der Waals surface area contributed by atoms with Gasteiger partial charge in [-0.2, -0.15) is 0 Å². The lowest BCUT2D eigenvalue weighted by Gasteiger charge is -2.33. The average Bonchev–Trinajstić information content (AvgIpc) is 2.75. The zero-order valence-electron chi connectivity index (χ0n) is 17.3. The number of carbonyl (C=O) groups is 2. The van der Waals surface area contributed by atoms with Crippen LogP contribution in [0.5, 0.6) is 17.2 Å². The minimum Gasteiger partial charge on any atom is -0.493 e. The van der Waals surface area contributed by atoms with Crippen LogP contribution in [0.4, 0.5) is 0 Å². The predicted molar refractivity (Wildman–Crippen MR) is 108 cm³/mol. The van der Waals surface area contributed by atoms with E-state index in [1.807, 2.05) is 0 Å². The molecule has 1 heterocycles. The van der Waals surface area contributed by atoms with Crippen LogP contribution >= 0.6 is 0 Å². The molecule has 0 N–H and O–H groups in total. The second kappa shape index (κ2) is 9.67. The zero-order valence-corrected chi connectivity index (χ0v) is 17.3. The summed E-state index contributed by atoms with van der Waals surface area (Å²) in [6.07, 6.45) is 7.15. The second-order valence-electron chi connectivity index (χ2n) is 7.61. The van der Waals surface area contributed by atoms with Crippen molar-refractivity contribution in [2.45, 2.75) is 38.6 Å². The van der Waals surface area contributed by atoms with E-state index in [2.05, 4.69) is 6.92 Å². The van der Waals surface area contributed by atoms with Crippen molar-refractivity contribution in [3.05, 3.63) is 23.8 Å². The van der Waals surface area contributed by atoms with Gasteiger partial charge in [-0.15, -0.1) is 0 Å². The van der Waals surface area contributed by atoms with Gasteiger partial charge < -0.3 is 23.8 Å². The van der Waals surface area contributed by atoms with E-state index in [1.54, 1.807) is 37.3 Å². The van der Waals surface area contributed by atoms with Crippen LogP contribution in [0.1, 0.15) is 38.2 Å². The third kappa shape index (κ3) is 5.43. The number of likely N-dealkylation sites (N-methyl/N-ethyl adjacent to an activating group) is 1. The highest BCUT2D eigenvalue weighted by atomic mass is 16.6. The maximum Gasteiger partial charge on any atom is 0.331 e. The first-order valence-corrected chi connectivity index (χ1v) is 10.1. The van der Waals surface area contributed by atoms with Crippen LogP contribution in [-0.2, 0) is 14.3 Å². The Morgan fingerprint density at radius 3 is 2.62 bits per heavy atom. The minimum absolute atomic E-state index is 0.174. The molecular formula is C22H29NO6. The lowest BCUT2D eigenvalue weighted by Crippen LogP contribution is -2.41. The maximum atomic E-state index is 12.3. The van der Waals surface area contributed by atoms with Crippen molar-refractivity contribution in [1.29, 1.82) is 0 Å². The molecule has 0 radical (unpaired) electrons. The van der Waals surface area contributed by atoms with Crippen molar-refractivity contribution in [2.24, 2.45) is 5.92 Å². The highest BCUT2D eigenvalue weighted by Gasteiger charge is 2.25.